The molecule has 0 unspecified atom stereocenters. The molecule has 0 aromatic carbocycles. The van der Waals surface area contributed by atoms with E-state index in [4.69, 9.17) is 5.11 Å². The first-order valence-electron chi connectivity index (χ1n) is 4.88. The summed E-state index contributed by atoms with van der Waals surface area (Å²) in [5.74, 6) is 0.875. The zero-order valence-corrected chi connectivity index (χ0v) is 10.4. The number of nitrogens with zero attached hydrogens (tertiary/aromatic N) is 3. The number of aliphatic hydroxyl groups is 1. The predicted octanol–water partition coefficient (Wildman–Crippen LogP) is 2.14. The lowest BCUT2D eigenvalue weighted by molar-refractivity contribution is 0.281. The standard InChI is InChI=1S/C10H11N3OS2/c1-2-8-12-10(16-13-8)15-9-4-3-7(6-14)5-11-9/h3-5,14H,2,6H2,1H3. The fourth-order valence-corrected chi connectivity index (χ4v) is 2.67. The molecular weight excluding hydrogens is 242 g/mol. The van der Waals surface area contributed by atoms with Crippen molar-refractivity contribution in [3.05, 3.63) is 29.7 Å². The Morgan fingerprint density at radius 1 is 1.44 bits per heavy atom. The van der Waals surface area contributed by atoms with Crippen molar-refractivity contribution >= 4 is 23.3 Å². The van der Waals surface area contributed by atoms with Gasteiger partial charge in [0, 0.05) is 12.6 Å². The van der Waals surface area contributed by atoms with Gasteiger partial charge in [0.1, 0.15) is 10.9 Å². The van der Waals surface area contributed by atoms with Gasteiger partial charge in [-0.2, -0.15) is 4.37 Å². The first-order chi connectivity index (χ1) is 7.81. The number of rotatable bonds is 4. The molecule has 16 heavy (non-hydrogen) atoms. The number of aromatic nitrogens is 3. The van der Waals surface area contributed by atoms with Crippen LogP contribution in [0.2, 0.25) is 0 Å². The molecule has 0 aliphatic carbocycles. The Bertz CT molecular complexity index is 455. The molecule has 0 atom stereocenters. The molecule has 0 aliphatic heterocycles. The van der Waals surface area contributed by atoms with Crippen LogP contribution in [-0.2, 0) is 13.0 Å². The van der Waals surface area contributed by atoms with Crippen molar-refractivity contribution in [3.8, 4) is 0 Å². The van der Waals surface area contributed by atoms with Gasteiger partial charge in [0.2, 0.25) is 0 Å². The fraction of sp³-hybridized carbons (Fsp3) is 0.300. The Morgan fingerprint density at radius 3 is 2.88 bits per heavy atom. The summed E-state index contributed by atoms with van der Waals surface area (Å²) in [6.07, 6.45) is 2.53. The molecule has 0 fully saturated rings. The van der Waals surface area contributed by atoms with Gasteiger partial charge in [-0.1, -0.05) is 13.0 Å². The van der Waals surface area contributed by atoms with E-state index in [2.05, 4.69) is 14.3 Å². The average molecular weight is 253 g/mol. The van der Waals surface area contributed by atoms with Crippen LogP contribution in [0.25, 0.3) is 0 Å². The molecule has 0 amide bonds. The summed E-state index contributed by atoms with van der Waals surface area (Å²) < 4.78 is 5.11. The summed E-state index contributed by atoms with van der Waals surface area (Å²) in [6, 6.07) is 3.74. The van der Waals surface area contributed by atoms with Crippen molar-refractivity contribution in [2.45, 2.75) is 29.3 Å². The van der Waals surface area contributed by atoms with Gasteiger partial charge in [0.15, 0.2) is 4.34 Å². The van der Waals surface area contributed by atoms with E-state index in [9.17, 15) is 0 Å². The van der Waals surface area contributed by atoms with E-state index in [0.717, 1.165) is 27.2 Å². The minimum absolute atomic E-state index is 0.0245. The Hall–Kier alpha value is -0.980. The third-order valence-electron chi connectivity index (χ3n) is 1.94. The normalized spacial score (nSPS) is 10.6. The van der Waals surface area contributed by atoms with Crippen molar-refractivity contribution in [2.75, 3.05) is 0 Å². The van der Waals surface area contributed by atoms with E-state index >= 15 is 0 Å². The lowest BCUT2D eigenvalue weighted by Crippen LogP contribution is -1.86. The number of hydrogen-bond acceptors (Lipinski definition) is 6. The predicted molar refractivity (Wildman–Crippen MR) is 63.6 cm³/mol. The van der Waals surface area contributed by atoms with Crippen molar-refractivity contribution in [2.24, 2.45) is 0 Å². The molecule has 0 spiro atoms. The zero-order chi connectivity index (χ0) is 11.4. The Kier molecular flexibility index (Phi) is 3.87. The molecule has 0 saturated heterocycles. The van der Waals surface area contributed by atoms with Crippen LogP contribution in [0.1, 0.15) is 18.3 Å². The van der Waals surface area contributed by atoms with Crippen molar-refractivity contribution in [1.29, 1.82) is 0 Å². The van der Waals surface area contributed by atoms with E-state index in [1.165, 1.54) is 23.3 Å². The monoisotopic (exact) mass is 253 g/mol. The molecule has 2 aromatic heterocycles. The molecule has 84 valence electrons. The third kappa shape index (κ3) is 2.78. The minimum atomic E-state index is 0.0245. The van der Waals surface area contributed by atoms with Gasteiger partial charge in [0.05, 0.1) is 6.61 Å². The van der Waals surface area contributed by atoms with Gasteiger partial charge in [-0.3, -0.25) is 0 Å². The van der Waals surface area contributed by atoms with E-state index < -0.39 is 0 Å². The summed E-state index contributed by atoms with van der Waals surface area (Å²) in [4.78, 5) is 8.57. The summed E-state index contributed by atoms with van der Waals surface area (Å²) in [6.45, 7) is 2.06. The van der Waals surface area contributed by atoms with Gasteiger partial charge >= 0.3 is 0 Å². The highest BCUT2D eigenvalue weighted by molar-refractivity contribution is 8.00. The van der Waals surface area contributed by atoms with Crippen LogP contribution in [-0.4, -0.2) is 19.4 Å². The second-order valence-electron chi connectivity index (χ2n) is 3.09. The molecule has 0 radical (unpaired) electrons. The number of hydrogen-bond donors (Lipinski definition) is 1. The zero-order valence-electron chi connectivity index (χ0n) is 8.75. The first-order valence-corrected chi connectivity index (χ1v) is 6.47. The van der Waals surface area contributed by atoms with Gasteiger partial charge in [-0.15, -0.1) is 0 Å². The van der Waals surface area contributed by atoms with Crippen LogP contribution in [0, 0.1) is 0 Å². The smallest absolute Gasteiger partial charge is 0.176 e. The first kappa shape index (κ1) is 11.5. The highest BCUT2D eigenvalue weighted by atomic mass is 32.2. The van der Waals surface area contributed by atoms with E-state index in [1.54, 1.807) is 6.20 Å². The molecule has 0 saturated carbocycles. The average Bonchev–Trinajstić information content (AvgIpc) is 2.78. The molecule has 6 heteroatoms. The second kappa shape index (κ2) is 5.38. The van der Waals surface area contributed by atoms with Crippen LogP contribution in [0.4, 0.5) is 0 Å². The van der Waals surface area contributed by atoms with Crippen LogP contribution in [0.3, 0.4) is 0 Å². The van der Waals surface area contributed by atoms with Crippen LogP contribution >= 0.6 is 23.3 Å². The fourth-order valence-electron chi connectivity index (χ4n) is 1.08. The molecule has 4 nitrogen and oxygen atoms in total. The highest BCUT2D eigenvalue weighted by Crippen LogP contribution is 2.27. The van der Waals surface area contributed by atoms with Gasteiger partial charge in [-0.05, 0) is 34.9 Å². The van der Waals surface area contributed by atoms with Crippen molar-refractivity contribution < 1.29 is 5.11 Å². The molecule has 2 heterocycles. The van der Waals surface area contributed by atoms with Crippen LogP contribution < -0.4 is 0 Å². The molecule has 0 bridgehead atoms. The van der Waals surface area contributed by atoms with E-state index in [0.29, 0.717) is 0 Å². The van der Waals surface area contributed by atoms with E-state index in [1.807, 2.05) is 19.1 Å². The molecule has 0 aliphatic rings. The SMILES string of the molecule is CCc1nsc(Sc2ccc(CO)cn2)n1. The maximum absolute atomic E-state index is 8.89. The topological polar surface area (TPSA) is 58.9 Å². The van der Waals surface area contributed by atoms with Gasteiger partial charge in [-0.25, -0.2) is 9.97 Å². The molecule has 2 aromatic rings. The highest BCUT2D eigenvalue weighted by Gasteiger charge is 2.05. The summed E-state index contributed by atoms with van der Waals surface area (Å²) in [7, 11) is 0. The maximum atomic E-state index is 8.89. The van der Waals surface area contributed by atoms with Crippen LogP contribution in [0.15, 0.2) is 27.7 Å². The molecular formula is C10H11N3OS2. The third-order valence-corrected chi connectivity index (χ3v) is 3.68. The van der Waals surface area contributed by atoms with Gasteiger partial charge in [0.25, 0.3) is 0 Å². The number of aliphatic hydroxyl groups excluding tert-OH is 1. The van der Waals surface area contributed by atoms with Crippen molar-refractivity contribution in [3.63, 3.8) is 0 Å². The summed E-state index contributed by atoms with van der Waals surface area (Å²) >= 11 is 2.89. The Labute approximate surface area is 102 Å². The summed E-state index contributed by atoms with van der Waals surface area (Å²) in [5.41, 5.74) is 0.816. The second-order valence-corrected chi connectivity index (χ2v) is 5.11. The minimum Gasteiger partial charge on any atom is -0.392 e. The molecule has 2 rings (SSSR count). The van der Waals surface area contributed by atoms with Crippen LogP contribution in [0.5, 0.6) is 0 Å². The van der Waals surface area contributed by atoms with Crippen molar-refractivity contribution in [1.82, 2.24) is 14.3 Å². The molecule has 1 N–H and O–H groups in total. The lowest BCUT2D eigenvalue weighted by Gasteiger charge is -1.97. The Balaban J connectivity index is 2.08. The Morgan fingerprint density at radius 2 is 2.31 bits per heavy atom. The van der Waals surface area contributed by atoms with Gasteiger partial charge < -0.3 is 5.11 Å². The number of aryl methyl sites for hydroxylation is 1. The maximum Gasteiger partial charge on any atom is 0.176 e. The summed E-state index contributed by atoms with van der Waals surface area (Å²) in [5, 5.41) is 9.76. The quantitative estimate of drug-likeness (QED) is 0.904. The lowest BCUT2D eigenvalue weighted by atomic mass is 10.3. The number of pyridine rings is 1. The van der Waals surface area contributed by atoms with E-state index in [-0.39, 0.29) is 6.61 Å². The largest absolute Gasteiger partial charge is 0.392 e.